The second kappa shape index (κ2) is 7.63. The van der Waals surface area contributed by atoms with Gasteiger partial charge in [0.15, 0.2) is 0 Å². The summed E-state index contributed by atoms with van der Waals surface area (Å²) >= 11 is 0. The van der Waals surface area contributed by atoms with Crippen LogP contribution in [0.2, 0.25) is 0 Å². The van der Waals surface area contributed by atoms with Gasteiger partial charge in [-0.2, -0.15) is 0 Å². The molecule has 4 N–H and O–H groups in total. The molecule has 106 valence electrons. The number of carbonyl (C=O) groups is 1. The quantitative estimate of drug-likeness (QED) is 0.497. The maximum Gasteiger partial charge on any atom is 0.335 e. The van der Waals surface area contributed by atoms with Gasteiger partial charge in [-0.15, -0.1) is 0 Å². The van der Waals surface area contributed by atoms with Gasteiger partial charge in [0.2, 0.25) is 0 Å². The summed E-state index contributed by atoms with van der Waals surface area (Å²) in [5.74, 6) is -0.968. The Labute approximate surface area is 113 Å². The lowest BCUT2D eigenvalue weighted by atomic mass is 10.1. The summed E-state index contributed by atoms with van der Waals surface area (Å²) in [5, 5.41) is 12.0. The summed E-state index contributed by atoms with van der Waals surface area (Å²) in [6.45, 7) is 5.58. The second-order valence-corrected chi connectivity index (χ2v) is 4.66. The molecule has 19 heavy (non-hydrogen) atoms. The summed E-state index contributed by atoms with van der Waals surface area (Å²) in [6, 6.07) is 4.71. The van der Waals surface area contributed by atoms with Gasteiger partial charge in [0.05, 0.1) is 23.0 Å². The van der Waals surface area contributed by atoms with Crippen molar-refractivity contribution in [3.05, 3.63) is 23.8 Å². The molecule has 1 aromatic carbocycles. The molecule has 0 unspecified atom stereocenters. The summed E-state index contributed by atoms with van der Waals surface area (Å²) in [5.41, 5.74) is 7.22. The van der Waals surface area contributed by atoms with Crippen molar-refractivity contribution in [2.45, 2.75) is 32.8 Å². The highest BCUT2D eigenvalue weighted by Crippen LogP contribution is 2.19. The lowest BCUT2D eigenvalue weighted by Crippen LogP contribution is -2.08. The molecule has 0 saturated carbocycles. The summed E-state index contributed by atoms with van der Waals surface area (Å²) < 4.78 is 5.44. The van der Waals surface area contributed by atoms with Crippen LogP contribution in [0.4, 0.5) is 11.4 Å². The van der Waals surface area contributed by atoms with Crippen LogP contribution in [-0.4, -0.2) is 30.3 Å². The van der Waals surface area contributed by atoms with Gasteiger partial charge in [0, 0.05) is 13.2 Å². The van der Waals surface area contributed by atoms with Crippen molar-refractivity contribution in [2.24, 2.45) is 0 Å². The van der Waals surface area contributed by atoms with Crippen LogP contribution in [0, 0.1) is 0 Å². The number of aromatic carboxylic acids is 1. The van der Waals surface area contributed by atoms with Crippen molar-refractivity contribution in [1.29, 1.82) is 0 Å². The minimum atomic E-state index is -0.968. The highest BCUT2D eigenvalue weighted by atomic mass is 16.5. The number of anilines is 2. The van der Waals surface area contributed by atoms with Gasteiger partial charge in [-0.05, 0) is 44.9 Å². The van der Waals surface area contributed by atoms with Crippen molar-refractivity contribution >= 4 is 17.3 Å². The van der Waals surface area contributed by atoms with E-state index in [-0.39, 0.29) is 11.7 Å². The van der Waals surface area contributed by atoms with Crippen LogP contribution < -0.4 is 11.1 Å². The number of nitrogens with two attached hydrogens (primary N) is 1. The number of benzene rings is 1. The molecule has 0 aliphatic carbocycles. The average Bonchev–Trinajstić information content (AvgIpc) is 2.34. The second-order valence-electron chi connectivity index (χ2n) is 4.66. The van der Waals surface area contributed by atoms with E-state index >= 15 is 0 Å². The summed E-state index contributed by atoms with van der Waals surface area (Å²) in [4.78, 5) is 10.8. The fourth-order valence-electron chi connectivity index (χ4n) is 1.63. The number of hydrogen-bond acceptors (Lipinski definition) is 4. The van der Waals surface area contributed by atoms with Crippen LogP contribution in [-0.2, 0) is 4.74 Å². The van der Waals surface area contributed by atoms with Gasteiger partial charge in [-0.1, -0.05) is 0 Å². The predicted molar refractivity (Wildman–Crippen MR) is 76.6 cm³/mol. The fraction of sp³-hybridized carbons (Fsp3) is 0.500. The Morgan fingerprint density at radius 3 is 2.74 bits per heavy atom. The number of carboxylic acid groups (broad SMARTS) is 1. The molecule has 0 amide bonds. The molecule has 0 heterocycles. The van der Waals surface area contributed by atoms with E-state index in [4.69, 9.17) is 15.6 Å². The van der Waals surface area contributed by atoms with Crippen LogP contribution in [0.15, 0.2) is 18.2 Å². The number of ether oxygens (including phenoxy) is 1. The minimum Gasteiger partial charge on any atom is -0.478 e. The molecular weight excluding hydrogens is 244 g/mol. The van der Waals surface area contributed by atoms with Crippen LogP contribution in [0.5, 0.6) is 0 Å². The van der Waals surface area contributed by atoms with E-state index in [1.54, 1.807) is 12.1 Å². The molecule has 0 spiro atoms. The van der Waals surface area contributed by atoms with Crippen LogP contribution >= 0.6 is 0 Å². The summed E-state index contributed by atoms with van der Waals surface area (Å²) in [7, 11) is 0. The standard InChI is InChI=1S/C14H22N2O3/c1-10(2)19-8-4-3-7-16-13-6-5-11(14(17)18)9-12(13)15/h5-6,9-10,16H,3-4,7-8,15H2,1-2H3,(H,17,18). The number of hydrogen-bond donors (Lipinski definition) is 3. The third kappa shape index (κ3) is 5.61. The van der Waals surface area contributed by atoms with Crippen molar-refractivity contribution in [3.63, 3.8) is 0 Å². The Morgan fingerprint density at radius 2 is 2.16 bits per heavy atom. The molecule has 0 saturated heterocycles. The zero-order valence-electron chi connectivity index (χ0n) is 11.5. The number of carboxylic acids is 1. The SMILES string of the molecule is CC(C)OCCCCNc1ccc(C(=O)O)cc1N. The first-order valence-electron chi connectivity index (χ1n) is 6.49. The molecule has 5 nitrogen and oxygen atoms in total. The molecular formula is C14H22N2O3. The van der Waals surface area contributed by atoms with Gasteiger partial charge < -0.3 is 20.9 Å². The highest BCUT2D eigenvalue weighted by Gasteiger charge is 2.05. The Morgan fingerprint density at radius 1 is 1.42 bits per heavy atom. The summed E-state index contributed by atoms with van der Waals surface area (Å²) in [6.07, 6.45) is 2.23. The molecule has 1 aromatic rings. The van der Waals surface area contributed by atoms with Crippen LogP contribution in [0.3, 0.4) is 0 Å². The number of nitrogens with one attached hydrogen (secondary N) is 1. The first kappa shape index (κ1) is 15.3. The van der Waals surface area contributed by atoms with Gasteiger partial charge >= 0.3 is 5.97 Å². The van der Waals surface area contributed by atoms with Gasteiger partial charge in [0.1, 0.15) is 0 Å². The topological polar surface area (TPSA) is 84.6 Å². The molecule has 0 fully saturated rings. The molecule has 0 aromatic heterocycles. The van der Waals surface area contributed by atoms with E-state index < -0.39 is 5.97 Å². The van der Waals surface area contributed by atoms with Gasteiger partial charge in [-0.3, -0.25) is 0 Å². The van der Waals surface area contributed by atoms with Crippen molar-refractivity contribution in [2.75, 3.05) is 24.2 Å². The third-order valence-electron chi connectivity index (χ3n) is 2.64. The largest absolute Gasteiger partial charge is 0.478 e. The fourth-order valence-corrected chi connectivity index (χ4v) is 1.63. The first-order chi connectivity index (χ1) is 9.00. The Balaban J connectivity index is 2.32. The molecule has 0 aliphatic heterocycles. The number of rotatable bonds is 8. The monoisotopic (exact) mass is 266 g/mol. The normalized spacial score (nSPS) is 10.7. The lowest BCUT2D eigenvalue weighted by Gasteiger charge is -2.10. The van der Waals surface area contributed by atoms with E-state index in [2.05, 4.69) is 5.32 Å². The zero-order valence-corrected chi connectivity index (χ0v) is 11.5. The van der Waals surface area contributed by atoms with Crippen LogP contribution in [0.1, 0.15) is 37.0 Å². The molecule has 5 heteroatoms. The maximum atomic E-state index is 10.8. The van der Waals surface area contributed by atoms with E-state index in [0.717, 1.165) is 31.7 Å². The van der Waals surface area contributed by atoms with E-state index in [1.807, 2.05) is 13.8 Å². The molecule has 0 aliphatic rings. The highest BCUT2D eigenvalue weighted by molar-refractivity contribution is 5.90. The Bertz CT molecular complexity index is 419. The van der Waals surface area contributed by atoms with E-state index in [0.29, 0.717) is 5.69 Å². The lowest BCUT2D eigenvalue weighted by molar-refractivity contribution is 0.0696. The van der Waals surface area contributed by atoms with Crippen molar-refractivity contribution < 1.29 is 14.6 Å². The van der Waals surface area contributed by atoms with Crippen LogP contribution in [0.25, 0.3) is 0 Å². The average molecular weight is 266 g/mol. The molecule has 1 rings (SSSR count). The molecule has 0 atom stereocenters. The van der Waals surface area contributed by atoms with E-state index in [1.165, 1.54) is 6.07 Å². The first-order valence-corrected chi connectivity index (χ1v) is 6.49. The Hall–Kier alpha value is -1.75. The number of nitrogen functional groups attached to an aromatic ring is 1. The van der Waals surface area contributed by atoms with Gasteiger partial charge in [0.25, 0.3) is 0 Å². The van der Waals surface area contributed by atoms with Gasteiger partial charge in [-0.25, -0.2) is 4.79 Å². The third-order valence-corrected chi connectivity index (χ3v) is 2.64. The Kier molecular flexibility index (Phi) is 6.15. The zero-order chi connectivity index (χ0) is 14.3. The maximum absolute atomic E-state index is 10.8. The smallest absolute Gasteiger partial charge is 0.335 e. The predicted octanol–water partition coefficient (Wildman–Crippen LogP) is 2.58. The van der Waals surface area contributed by atoms with Crippen molar-refractivity contribution in [3.8, 4) is 0 Å². The number of unbranched alkanes of at least 4 members (excludes halogenated alkanes) is 1. The minimum absolute atomic E-state index is 0.202. The van der Waals surface area contributed by atoms with Crippen molar-refractivity contribution in [1.82, 2.24) is 0 Å². The molecule has 0 bridgehead atoms. The molecule has 0 radical (unpaired) electrons. The van der Waals surface area contributed by atoms with E-state index in [9.17, 15) is 4.79 Å².